The van der Waals surface area contributed by atoms with E-state index in [2.05, 4.69) is 17.3 Å². The number of amides is 1. The van der Waals surface area contributed by atoms with Crippen LogP contribution in [0.4, 0.5) is 5.69 Å². The first kappa shape index (κ1) is 14.2. The van der Waals surface area contributed by atoms with Crippen molar-refractivity contribution in [3.8, 4) is 11.5 Å². The Balaban J connectivity index is 1.57. The normalized spacial score (nSPS) is 21.9. The Labute approximate surface area is 125 Å². The van der Waals surface area contributed by atoms with Gasteiger partial charge in [0.15, 0.2) is 11.5 Å². The van der Waals surface area contributed by atoms with Gasteiger partial charge in [-0.1, -0.05) is 0 Å². The third-order valence-electron chi connectivity index (χ3n) is 4.02. The summed E-state index contributed by atoms with van der Waals surface area (Å²) in [5.74, 6) is 1.98. The molecule has 0 aliphatic carbocycles. The summed E-state index contributed by atoms with van der Waals surface area (Å²) in [4.78, 5) is 14.5. The molecule has 1 aromatic rings. The number of fused-ring (bicyclic) bond motifs is 1. The number of carbonyl (C=O) groups excluding carboxylic acids is 1. The summed E-state index contributed by atoms with van der Waals surface area (Å²) in [6, 6.07) is 5.54. The summed E-state index contributed by atoms with van der Waals surface area (Å²) >= 11 is 0. The minimum absolute atomic E-state index is 0.0759. The smallest absolute Gasteiger partial charge is 0.224 e. The molecule has 1 aromatic carbocycles. The molecule has 2 aliphatic rings. The first-order valence-corrected chi connectivity index (χ1v) is 7.59. The van der Waals surface area contributed by atoms with Crippen LogP contribution in [0.25, 0.3) is 0 Å². The van der Waals surface area contributed by atoms with Gasteiger partial charge >= 0.3 is 0 Å². The van der Waals surface area contributed by atoms with Gasteiger partial charge in [0, 0.05) is 24.7 Å². The molecule has 0 saturated carbocycles. The van der Waals surface area contributed by atoms with Crippen molar-refractivity contribution < 1.29 is 14.3 Å². The van der Waals surface area contributed by atoms with Crippen LogP contribution in [0, 0.1) is 5.92 Å². The second-order valence-electron chi connectivity index (χ2n) is 5.88. The molecule has 5 nitrogen and oxygen atoms in total. The van der Waals surface area contributed by atoms with Crippen molar-refractivity contribution in [2.45, 2.75) is 19.3 Å². The van der Waals surface area contributed by atoms with E-state index in [1.54, 1.807) is 0 Å². The number of benzene rings is 1. The molecule has 0 radical (unpaired) electrons. The molecule has 2 aliphatic heterocycles. The summed E-state index contributed by atoms with van der Waals surface area (Å²) < 4.78 is 11.0. The molecule has 21 heavy (non-hydrogen) atoms. The van der Waals surface area contributed by atoms with E-state index in [9.17, 15) is 4.79 Å². The zero-order chi connectivity index (χ0) is 14.7. The topological polar surface area (TPSA) is 50.8 Å². The Bertz CT molecular complexity index is 518. The maximum Gasteiger partial charge on any atom is 0.224 e. The summed E-state index contributed by atoms with van der Waals surface area (Å²) in [5, 5.41) is 2.96. The summed E-state index contributed by atoms with van der Waals surface area (Å²) in [5.41, 5.74) is 0.772. The lowest BCUT2D eigenvalue weighted by atomic mass is 9.95. The summed E-state index contributed by atoms with van der Waals surface area (Å²) in [7, 11) is 2.12. The van der Waals surface area contributed by atoms with Crippen molar-refractivity contribution in [1.82, 2.24) is 4.90 Å². The maximum absolute atomic E-state index is 12.2. The van der Waals surface area contributed by atoms with Crippen molar-refractivity contribution in [3.05, 3.63) is 18.2 Å². The van der Waals surface area contributed by atoms with Crippen LogP contribution in [0.15, 0.2) is 18.2 Å². The molecule has 1 N–H and O–H groups in total. The van der Waals surface area contributed by atoms with Crippen LogP contribution in [-0.2, 0) is 4.79 Å². The van der Waals surface area contributed by atoms with Gasteiger partial charge < -0.3 is 19.7 Å². The number of piperidine rings is 1. The fraction of sp³-hybridized carbons (Fsp3) is 0.562. The molecule has 2 heterocycles. The highest BCUT2D eigenvalue weighted by Gasteiger charge is 2.20. The molecule has 0 aromatic heterocycles. The first-order valence-electron chi connectivity index (χ1n) is 7.59. The molecule has 0 bridgehead atoms. The second-order valence-corrected chi connectivity index (χ2v) is 5.88. The van der Waals surface area contributed by atoms with E-state index >= 15 is 0 Å². The number of anilines is 1. The molecular formula is C16H22N2O3. The molecule has 1 fully saturated rings. The van der Waals surface area contributed by atoms with Crippen molar-refractivity contribution in [3.63, 3.8) is 0 Å². The Morgan fingerprint density at radius 1 is 1.33 bits per heavy atom. The van der Waals surface area contributed by atoms with E-state index in [-0.39, 0.29) is 5.91 Å². The number of nitrogens with one attached hydrogen (secondary N) is 1. The van der Waals surface area contributed by atoms with Gasteiger partial charge in [-0.2, -0.15) is 0 Å². The number of rotatable bonds is 3. The highest BCUT2D eigenvalue weighted by molar-refractivity contribution is 5.91. The van der Waals surface area contributed by atoms with Crippen LogP contribution in [0.2, 0.25) is 0 Å². The van der Waals surface area contributed by atoms with Crippen LogP contribution in [0.3, 0.4) is 0 Å². The quantitative estimate of drug-likeness (QED) is 0.926. The van der Waals surface area contributed by atoms with Crippen molar-refractivity contribution >= 4 is 11.6 Å². The van der Waals surface area contributed by atoms with Gasteiger partial charge in [0.1, 0.15) is 13.2 Å². The van der Waals surface area contributed by atoms with Gasteiger partial charge in [-0.15, -0.1) is 0 Å². The van der Waals surface area contributed by atoms with E-state index in [0.29, 0.717) is 31.3 Å². The van der Waals surface area contributed by atoms with Crippen molar-refractivity contribution in [2.24, 2.45) is 5.92 Å². The van der Waals surface area contributed by atoms with Crippen molar-refractivity contribution in [1.29, 1.82) is 0 Å². The van der Waals surface area contributed by atoms with Gasteiger partial charge in [0.2, 0.25) is 5.91 Å². The largest absolute Gasteiger partial charge is 0.486 e. The SMILES string of the molecule is CN1CCCC(CC(=O)Nc2ccc3c(c2)OCCO3)C1. The van der Waals surface area contributed by atoms with Gasteiger partial charge in [-0.05, 0) is 44.5 Å². The third-order valence-corrected chi connectivity index (χ3v) is 4.02. The van der Waals surface area contributed by atoms with Crippen LogP contribution >= 0.6 is 0 Å². The highest BCUT2D eigenvalue weighted by atomic mass is 16.6. The number of ether oxygens (including phenoxy) is 2. The lowest BCUT2D eigenvalue weighted by Gasteiger charge is -2.29. The monoisotopic (exact) mass is 290 g/mol. The van der Waals surface area contributed by atoms with Crippen LogP contribution in [0.5, 0.6) is 11.5 Å². The highest BCUT2D eigenvalue weighted by Crippen LogP contribution is 2.32. The molecule has 1 saturated heterocycles. The molecule has 1 unspecified atom stereocenters. The summed E-state index contributed by atoms with van der Waals surface area (Å²) in [6.45, 7) is 3.28. The van der Waals surface area contributed by atoms with E-state index in [1.807, 2.05) is 18.2 Å². The maximum atomic E-state index is 12.2. The van der Waals surface area contributed by atoms with E-state index in [1.165, 1.54) is 6.42 Å². The van der Waals surface area contributed by atoms with E-state index < -0.39 is 0 Å². The molecular weight excluding hydrogens is 268 g/mol. The van der Waals surface area contributed by atoms with E-state index in [4.69, 9.17) is 9.47 Å². The standard InChI is InChI=1S/C16H22N2O3/c1-18-6-2-3-12(11-18)9-16(19)17-13-4-5-14-15(10-13)21-8-7-20-14/h4-5,10,12H,2-3,6-9,11H2,1H3,(H,17,19). The third kappa shape index (κ3) is 3.67. The van der Waals surface area contributed by atoms with Gasteiger partial charge in [-0.25, -0.2) is 0 Å². The Hall–Kier alpha value is -1.75. The minimum atomic E-state index is 0.0759. The molecule has 5 heteroatoms. The molecule has 1 amide bonds. The predicted molar refractivity (Wildman–Crippen MR) is 80.9 cm³/mol. The average molecular weight is 290 g/mol. The number of carbonyl (C=O) groups is 1. The van der Waals surface area contributed by atoms with Crippen molar-refractivity contribution in [2.75, 3.05) is 38.7 Å². The fourth-order valence-corrected chi connectivity index (χ4v) is 3.04. The number of likely N-dealkylation sites (tertiary alicyclic amines) is 1. The first-order chi connectivity index (χ1) is 10.2. The zero-order valence-corrected chi connectivity index (χ0v) is 12.4. The molecule has 114 valence electrons. The van der Waals surface area contributed by atoms with E-state index in [0.717, 1.165) is 30.9 Å². The average Bonchev–Trinajstić information content (AvgIpc) is 2.47. The fourth-order valence-electron chi connectivity index (χ4n) is 3.04. The summed E-state index contributed by atoms with van der Waals surface area (Å²) in [6.07, 6.45) is 2.90. The number of hydrogen-bond acceptors (Lipinski definition) is 4. The van der Waals surface area contributed by atoms with Gasteiger partial charge in [-0.3, -0.25) is 4.79 Å². The molecule has 3 rings (SSSR count). The van der Waals surface area contributed by atoms with Gasteiger partial charge in [0.25, 0.3) is 0 Å². The lowest BCUT2D eigenvalue weighted by molar-refractivity contribution is -0.117. The molecule has 0 spiro atoms. The second kappa shape index (κ2) is 6.35. The lowest BCUT2D eigenvalue weighted by Crippen LogP contribution is -2.34. The minimum Gasteiger partial charge on any atom is -0.486 e. The zero-order valence-electron chi connectivity index (χ0n) is 12.4. The molecule has 1 atom stereocenters. The number of nitrogens with zero attached hydrogens (tertiary/aromatic N) is 1. The Kier molecular flexibility index (Phi) is 4.29. The van der Waals surface area contributed by atoms with Crippen LogP contribution in [-0.4, -0.2) is 44.2 Å². The number of hydrogen-bond donors (Lipinski definition) is 1. The predicted octanol–water partition coefficient (Wildman–Crippen LogP) is 2.13. The van der Waals surface area contributed by atoms with Crippen LogP contribution < -0.4 is 14.8 Å². The Morgan fingerprint density at radius 2 is 2.14 bits per heavy atom. The van der Waals surface area contributed by atoms with Gasteiger partial charge in [0.05, 0.1) is 0 Å². The Morgan fingerprint density at radius 3 is 2.95 bits per heavy atom. The van der Waals surface area contributed by atoms with Crippen LogP contribution in [0.1, 0.15) is 19.3 Å².